The van der Waals surface area contributed by atoms with Crippen LogP contribution in [0.1, 0.15) is 0 Å². The molecule has 126 valence electrons. The molecule has 0 spiro atoms. The maximum Gasteiger partial charge on any atom is 0.214 e. The van der Waals surface area contributed by atoms with Crippen LogP contribution in [-0.2, 0) is 7.05 Å². The van der Waals surface area contributed by atoms with Crippen molar-refractivity contribution in [3.63, 3.8) is 0 Å². The summed E-state index contributed by atoms with van der Waals surface area (Å²) in [5, 5.41) is 1.08. The number of rotatable bonds is 3. The molecule has 6 heteroatoms. The summed E-state index contributed by atoms with van der Waals surface area (Å²) < 4.78 is 9.33. The van der Waals surface area contributed by atoms with Gasteiger partial charge in [0.25, 0.3) is 0 Å². The predicted molar refractivity (Wildman–Crippen MR) is 102 cm³/mol. The lowest BCUT2D eigenvalue weighted by Gasteiger charge is -2.04. The Kier molecular flexibility index (Phi) is 3.94. The second-order valence-corrected chi connectivity index (χ2v) is 6.58. The summed E-state index contributed by atoms with van der Waals surface area (Å²) >= 11 is 12.2. The molecular formula is C19H15Cl2N3O. The third-order valence-corrected chi connectivity index (χ3v) is 4.96. The van der Waals surface area contributed by atoms with Gasteiger partial charge in [-0.1, -0.05) is 41.4 Å². The van der Waals surface area contributed by atoms with Crippen LogP contribution >= 0.6 is 23.2 Å². The number of nitrogens with zero attached hydrogens (tertiary/aromatic N) is 3. The molecule has 25 heavy (non-hydrogen) atoms. The van der Waals surface area contributed by atoms with E-state index in [1.807, 2.05) is 64.8 Å². The zero-order chi connectivity index (χ0) is 17.6. The van der Waals surface area contributed by atoms with Crippen LogP contribution in [0.2, 0.25) is 10.0 Å². The van der Waals surface area contributed by atoms with Gasteiger partial charge in [0, 0.05) is 30.6 Å². The van der Waals surface area contributed by atoms with Crippen LogP contribution in [0.5, 0.6) is 5.75 Å². The number of aromatic nitrogens is 3. The van der Waals surface area contributed by atoms with Crippen molar-refractivity contribution in [1.29, 1.82) is 0 Å². The SMILES string of the molecule is COc1cccc(-c2cn3cc(-c4ccc(Cl)c(Cl)c4)n(C)c3n2)c1. The first-order chi connectivity index (χ1) is 12.1. The minimum Gasteiger partial charge on any atom is -0.497 e. The number of imidazole rings is 2. The Bertz CT molecular complexity index is 1080. The van der Waals surface area contributed by atoms with Gasteiger partial charge in [-0.05, 0) is 24.3 Å². The molecule has 0 aliphatic carbocycles. The van der Waals surface area contributed by atoms with Crippen molar-refractivity contribution in [2.24, 2.45) is 7.05 Å². The monoisotopic (exact) mass is 371 g/mol. The highest BCUT2D eigenvalue weighted by Gasteiger charge is 2.13. The zero-order valence-corrected chi connectivity index (χ0v) is 15.2. The second kappa shape index (κ2) is 6.14. The second-order valence-electron chi connectivity index (χ2n) is 5.77. The van der Waals surface area contributed by atoms with Crippen molar-refractivity contribution < 1.29 is 4.74 Å². The number of hydrogen-bond donors (Lipinski definition) is 0. The molecule has 2 heterocycles. The van der Waals surface area contributed by atoms with E-state index in [-0.39, 0.29) is 0 Å². The van der Waals surface area contributed by atoms with Gasteiger partial charge < -0.3 is 9.30 Å². The lowest BCUT2D eigenvalue weighted by atomic mass is 10.1. The highest BCUT2D eigenvalue weighted by molar-refractivity contribution is 6.42. The first kappa shape index (κ1) is 16.1. The molecule has 4 aromatic rings. The standard InChI is InChI=1S/C19H15Cl2N3O/c1-23-18(13-6-7-15(20)16(21)9-13)11-24-10-17(22-19(23)24)12-4-3-5-14(8-12)25-2/h3-11H,1-2H3. The number of methoxy groups -OCH3 is 1. The molecule has 0 saturated heterocycles. The van der Waals surface area contributed by atoms with Crippen molar-refractivity contribution >= 4 is 29.0 Å². The van der Waals surface area contributed by atoms with Crippen LogP contribution in [0.4, 0.5) is 0 Å². The Labute approximate surface area is 155 Å². The average Bonchev–Trinajstić information content (AvgIpc) is 3.17. The van der Waals surface area contributed by atoms with Gasteiger partial charge in [0.2, 0.25) is 5.78 Å². The molecule has 0 amide bonds. The van der Waals surface area contributed by atoms with Crippen LogP contribution in [0, 0.1) is 0 Å². The number of hydrogen-bond acceptors (Lipinski definition) is 2. The van der Waals surface area contributed by atoms with Gasteiger partial charge in [0.1, 0.15) is 5.75 Å². The fourth-order valence-corrected chi connectivity index (χ4v) is 3.20. The largest absolute Gasteiger partial charge is 0.497 e. The first-order valence-corrected chi connectivity index (χ1v) is 8.46. The van der Waals surface area contributed by atoms with Gasteiger partial charge in [-0.15, -0.1) is 0 Å². The molecule has 2 aromatic carbocycles. The van der Waals surface area contributed by atoms with Gasteiger partial charge in [-0.25, -0.2) is 4.98 Å². The highest BCUT2D eigenvalue weighted by Crippen LogP contribution is 2.30. The fourth-order valence-electron chi connectivity index (χ4n) is 2.90. The van der Waals surface area contributed by atoms with Crippen LogP contribution < -0.4 is 4.74 Å². The molecule has 4 rings (SSSR count). The van der Waals surface area contributed by atoms with Gasteiger partial charge in [-0.2, -0.15) is 0 Å². The fraction of sp³-hybridized carbons (Fsp3) is 0.105. The molecule has 0 bridgehead atoms. The summed E-state index contributed by atoms with van der Waals surface area (Å²) in [6, 6.07) is 13.5. The van der Waals surface area contributed by atoms with E-state index in [1.54, 1.807) is 13.2 Å². The summed E-state index contributed by atoms with van der Waals surface area (Å²) in [7, 11) is 3.64. The number of aryl methyl sites for hydroxylation is 1. The molecule has 0 N–H and O–H groups in total. The van der Waals surface area contributed by atoms with Crippen molar-refractivity contribution in [2.45, 2.75) is 0 Å². The van der Waals surface area contributed by atoms with E-state index in [2.05, 4.69) is 0 Å². The molecule has 0 fully saturated rings. The Morgan fingerprint density at radius 3 is 2.52 bits per heavy atom. The summed E-state index contributed by atoms with van der Waals surface area (Å²) in [5.41, 5.74) is 3.91. The van der Waals surface area contributed by atoms with Crippen LogP contribution in [0.3, 0.4) is 0 Å². The highest BCUT2D eigenvalue weighted by atomic mass is 35.5. The van der Waals surface area contributed by atoms with E-state index in [0.717, 1.165) is 34.0 Å². The third-order valence-electron chi connectivity index (χ3n) is 4.22. The number of fused-ring (bicyclic) bond motifs is 1. The molecule has 0 atom stereocenters. The molecular weight excluding hydrogens is 357 g/mol. The topological polar surface area (TPSA) is 31.5 Å². The molecule has 0 radical (unpaired) electrons. The minimum atomic E-state index is 0.537. The summed E-state index contributed by atoms with van der Waals surface area (Å²) in [5.74, 6) is 1.66. The number of ether oxygens (including phenoxy) is 1. The first-order valence-electron chi connectivity index (χ1n) is 7.71. The maximum absolute atomic E-state index is 6.15. The van der Waals surface area contributed by atoms with Crippen LogP contribution in [0.25, 0.3) is 28.3 Å². The minimum absolute atomic E-state index is 0.537. The summed E-state index contributed by atoms with van der Waals surface area (Å²) in [4.78, 5) is 4.76. The van der Waals surface area contributed by atoms with Crippen molar-refractivity contribution in [3.05, 3.63) is 64.9 Å². The molecule has 0 unspecified atom stereocenters. The average molecular weight is 372 g/mol. The normalized spacial score (nSPS) is 11.2. The lowest BCUT2D eigenvalue weighted by Crippen LogP contribution is -1.93. The Hall–Kier alpha value is -2.43. The van der Waals surface area contributed by atoms with Crippen LogP contribution in [0.15, 0.2) is 54.9 Å². The summed E-state index contributed by atoms with van der Waals surface area (Å²) in [6.45, 7) is 0. The van der Waals surface area contributed by atoms with E-state index in [1.165, 1.54) is 0 Å². The molecule has 2 aromatic heterocycles. The molecule has 0 aliphatic rings. The van der Waals surface area contributed by atoms with E-state index >= 15 is 0 Å². The quantitative estimate of drug-likeness (QED) is 0.487. The van der Waals surface area contributed by atoms with Crippen molar-refractivity contribution in [3.8, 4) is 28.3 Å². The Morgan fingerprint density at radius 2 is 1.80 bits per heavy atom. The van der Waals surface area contributed by atoms with Crippen molar-refractivity contribution in [1.82, 2.24) is 14.0 Å². The van der Waals surface area contributed by atoms with Gasteiger partial charge in [0.15, 0.2) is 0 Å². The zero-order valence-electron chi connectivity index (χ0n) is 13.7. The molecule has 0 aliphatic heterocycles. The van der Waals surface area contributed by atoms with Gasteiger partial charge >= 0.3 is 0 Å². The smallest absolute Gasteiger partial charge is 0.214 e. The van der Waals surface area contributed by atoms with Crippen LogP contribution in [-0.4, -0.2) is 21.1 Å². The number of benzene rings is 2. The van der Waals surface area contributed by atoms with Gasteiger partial charge in [0.05, 0.1) is 28.5 Å². The van der Waals surface area contributed by atoms with E-state index in [9.17, 15) is 0 Å². The van der Waals surface area contributed by atoms with E-state index in [0.29, 0.717) is 10.0 Å². The molecule has 0 saturated carbocycles. The summed E-state index contributed by atoms with van der Waals surface area (Å²) in [6.07, 6.45) is 4.04. The van der Waals surface area contributed by atoms with E-state index < -0.39 is 0 Å². The Morgan fingerprint density at radius 1 is 0.960 bits per heavy atom. The number of halogens is 2. The van der Waals surface area contributed by atoms with Crippen molar-refractivity contribution in [2.75, 3.05) is 7.11 Å². The van der Waals surface area contributed by atoms with Gasteiger partial charge in [-0.3, -0.25) is 4.40 Å². The molecule has 4 nitrogen and oxygen atoms in total. The maximum atomic E-state index is 6.15. The lowest BCUT2D eigenvalue weighted by molar-refractivity contribution is 0.415. The third kappa shape index (κ3) is 2.77. The van der Waals surface area contributed by atoms with E-state index in [4.69, 9.17) is 32.9 Å². The Balaban J connectivity index is 1.79. The predicted octanol–water partition coefficient (Wildman–Crippen LogP) is 5.32.